The van der Waals surface area contributed by atoms with Crippen LogP contribution in [-0.2, 0) is 25.3 Å². The van der Waals surface area contributed by atoms with Crippen molar-refractivity contribution in [3.8, 4) is 5.75 Å². The molecule has 0 N–H and O–H groups in total. The van der Waals surface area contributed by atoms with E-state index in [9.17, 15) is 0 Å². The van der Waals surface area contributed by atoms with Gasteiger partial charge in [-0.2, -0.15) is 0 Å². The number of rotatable bonds is 4. The molecule has 0 fully saturated rings. The van der Waals surface area contributed by atoms with E-state index in [1.54, 1.807) is 0 Å². The number of benzene rings is 2. The highest BCUT2D eigenvalue weighted by atomic mass is 79.9. The lowest BCUT2D eigenvalue weighted by Gasteiger charge is -2.12. The van der Waals surface area contributed by atoms with E-state index in [0.717, 1.165) is 20.3 Å². The van der Waals surface area contributed by atoms with Gasteiger partial charge in [0, 0.05) is 5.88 Å². The van der Waals surface area contributed by atoms with Crippen LogP contribution in [0, 0.1) is 0 Å². The summed E-state index contributed by atoms with van der Waals surface area (Å²) in [6, 6.07) is 10.7. The molecule has 1 nitrogen and oxygen atoms in total. The molecular weight excluding hydrogens is 415 g/mol. The summed E-state index contributed by atoms with van der Waals surface area (Å²) >= 11 is 13.0. The molecule has 2 aromatic carbocycles. The van der Waals surface area contributed by atoms with Gasteiger partial charge in [-0.05, 0) is 85.5 Å². The molecule has 0 unspecified atom stereocenters. The van der Waals surface area contributed by atoms with Crippen LogP contribution in [0.25, 0.3) is 0 Å². The number of aryl methyl sites for hydroxylation is 2. The van der Waals surface area contributed by atoms with Gasteiger partial charge >= 0.3 is 0 Å². The zero-order valence-electron chi connectivity index (χ0n) is 11.5. The normalized spacial score (nSPS) is 13.3. The lowest BCUT2D eigenvalue weighted by Crippen LogP contribution is -1.98. The summed E-state index contributed by atoms with van der Waals surface area (Å²) in [6.07, 6.45) is 3.69. The molecule has 0 saturated heterocycles. The van der Waals surface area contributed by atoms with Gasteiger partial charge in [0.2, 0.25) is 0 Å². The SMILES string of the molecule is ClCc1cc(Br)c(OCc2ccc3c(c2)CCC3)c(Br)c1. The van der Waals surface area contributed by atoms with Crippen molar-refractivity contribution in [2.45, 2.75) is 31.7 Å². The van der Waals surface area contributed by atoms with Crippen LogP contribution in [0.3, 0.4) is 0 Å². The summed E-state index contributed by atoms with van der Waals surface area (Å²) in [5.74, 6) is 1.31. The highest BCUT2D eigenvalue weighted by molar-refractivity contribution is 9.11. The molecule has 0 radical (unpaired) electrons. The first-order valence-corrected chi connectivity index (χ1v) is 9.07. The fraction of sp³-hybridized carbons (Fsp3) is 0.294. The van der Waals surface area contributed by atoms with Crippen molar-refractivity contribution >= 4 is 43.5 Å². The summed E-state index contributed by atoms with van der Waals surface area (Å²) in [7, 11) is 0. The molecule has 4 heteroatoms. The predicted molar refractivity (Wildman–Crippen MR) is 94.2 cm³/mol. The zero-order valence-corrected chi connectivity index (χ0v) is 15.4. The highest BCUT2D eigenvalue weighted by Gasteiger charge is 2.12. The van der Waals surface area contributed by atoms with E-state index in [2.05, 4.69) is 50.1 Å². The predicted octanol–water partition coefficient (Wildman–Crippen LogP) is 6.02. The van der Waals surface area contributed by atoms with E-state index >= 15 is 0 Å². The van der Waals surface area contributed by atoms with Gasteiger partial charge < -0.3 is 4.74 Å². The van der Waals surface area contributed by atoms with Crippen LogP contribution in [0.15, 0.2) is 39.3 Å². The molecule has 0 atom stereocenters. The molecule has 2 aromatic rings. The maximum atomic E-state index is 5.98. The van der Waals surface area contributed by atoms with Crippen LogP contribution in [0.2, 0.25) is 0 Å². The first-order chi connectivity index (χ1) is 10.2. The van der Waals surface area contributed by atoms with E-state index in [1.807, 2.05) is 12.1 Å². The Morgan fingerprint density at radius 3 is 2.38 bits per heavy atom. The Morgan fingerprint density at radius 1 is 0.952 bits per heavy atom. The molecule has 0 saturated carbocycles. The van der Waals surface area contributed by atoms with E-state index < -0.39 is 0 Å². The Morgan fingerprint density at radius 2 is 1.67 bits per heavy atom. The Kier molecular flexibility index (Phi) is 4.92. The summed E-state index contributed by atoms with van der Waals surface area (Å²) in [5, 5.41) is 0. The molecule has 0 heterocycles. The second-order valence-corrected chi connectivity index (χ2v) is 7.24. The van der Waals surface area contributed by atoms with Gasteiger partial charge in [-0.25, -0.2) is 0 Å². The third-order valence-electron chi connectivity index (χ3n) is 3.76. The van der Waals surface area contributed by atoms with Crippen molar-refractivity contribution in [2.24, 2.45) is 0 Å². The highest BCUT2D eigenvalue weighted by Crippen LogP contribution is 2.36. The molecule has 21 heavy (non-hydrogen) atoms. The van der Waals surface area contributed by atoms with E-state index in [0.29, 0.717) is 12.5 Å². The molecular formula is C17H15Br2ClO. The molecule has 0 amide bonds. The standard InChI is InChI=1S/C17H15Br2ClO/c18-15-7-12(9-20)8-16(19)17(15)21-10-11-4-5-13-2-1-3-14(13)6-11/h4-8H,1-3,9-10H2. The van der Waals surface area contributed by atoms with Gasteiger partial charge in [0.25, 0.3) is 0 Å². The van der Waals surface area contributed by atoms with Crippen LogP contribution in [-0.4, -0.2) is 0 Å². The lowest BCUT2D eigenvalue weighted by molar-refractivity contribution is 0.302. The molecule has 0 spiro atoms. The van der Waals surface area contributed by atoms with Crippen molar-refractivity contribution in [1.29, 1.82) is 0 Å². The molecule has 110 valence electrons. The number of ether oxygens (including phenoxy) is 1. The molecule has 1 aliphatic rings. The topological polar surface area (TPSA) is 9.23 Å². The minimum absolute atomic E-state index is 0.488. The summed E-state index contributed by atoms with van der Waals surface area (Å²) < 4.78 is 7.83. The maximum Gasteiger partial charge on any atom is 0.148 e. The average molecular weight is 431 g/mol. The summed E-state index contributed by atoms with van der Waals surface area (Å²) in [4.78, 5) is 0. The largest absolute Gasteiger partial charge is 0.487 e. The average Bonchev–Trinajstić information content (AvgIpc) is 2.93. The summed E-state index contributed by atoms with van der Waals surface area (Å²) in [6.45, 7) is 0.574. The number of alkyl halides is 1. The smallest absolute Gasteiger partial charge is 0.148 e. The fourth-order valence-corrected chi connectivity index (χ4v) is 4.36. The molecule has 0 aliphatic heterocycles. The Labute approximate surface area is 146 Å². The molecule has 0 bridgehead atoms. The number of hydrogen-bond acceptors (Lipinski definition) is 1. The first-order valence-electron chi connectivity index (χ1n) is 6.94. The molecule has 3 rings (SSSR count). The van der Waals surface area contributed by atoms with Gasteiger partial charge in [-0.15, -0.1) is 11.6 Å². The monoisotopic (exact) mass is 428 g/mol. The zero-order chi connectivity index (χ0) is 14.8. The summed E-state index contributed by atoms with van der Waals surface area (Å²) in [5.41, 5.74) is 5.25. The van der Waals surface area contributed by atoms with Crippen molar-refractivity contribution < 1.29 is 4.74 Å². The van der Waals surface area contributed by atoms with E-state index in [1.165, 1.54) is 36.0 Å². The number of halogens is 3. The number of fused-ring (bicyclic) bond motifs is 1. The van der Waals surface area contributed by atoms with Crippen molar-refractivity contribution in [1.82, 2.24) is 0 Å². The maximum absolute atomic E-state index is 5.98. The van der Waals surface area contributed by atoms with Crippen molar-refractivity contribution in [3.63, 3.8) is 0 Å². The van der Waals surface area contributed by atoms with Gasteiger partial charge in [0.05, 0.1) is 8.95 Å². The van der Waals surface area contributed by atoms with Crippen molar-refractivity contribution in [3.05, 3.63) is 61.5 Å². The van der Waals surface area contributed by atoms with Crippen LogP contribution in [0.1, 0.15) is 28.7 Å². The minimum atomic E-state index is 0.488. The quantitative estimate of drug-likeness (QED) is 0.539. The minimum Gasteiger partial charge on any atom is -0.487 e. The van der Waals surface area contributed by atoms with E-state index in [4.69, 9.17) is 16.3 Å². The Bertz CT molecular complexity index is 647. The van der Waals surface area contributed by atoms with Gasteiger partial charge in [-0.1, -0.05) is 18.2 Å². The van der Waals surface area contributed by atoms with Crippen LogP contribution in [0.4, 0.5) is 0 Å². The third kappa shape index (κ3) is 3.46. The molecule has 0 aromatic heterocycles. The van der Waals surface area contributed by atoms with Gasteiger partial charge in [0.1, 0.15) is 12.4 Å². The molecule has 1 aliphatic carbocycles. The Hall–Kier alpha value is -0.510. The van der Waals surface area contributed by atoms with E-state index in [-0.39, 0.29) is 0 Å². The van der Waals surface area contributed by atoms with Gasteiger partial charge in [-0.3, -0.25) is 0 Å². The van der Waals surface area contributed by atoms with Gasteiger partial charge in [0.15, 0.2) is 0 Å². The fourth-order valence-electron chi connectivity index (χ4n) is 2.70. The number of hydrogen-bond donors (Lipinski definition) is 0. The lowest BCUT2D eigenvalue weighted by atomic mass is 10.1. The third-order valence-corrected chi connectivity index (χ3v) is 5.25. The van der Waals surface area contributed by atoms with Crippen LogP contribution >= 0.6 is 43.5 Å². The second kappa shape index (κ2) is 6.72. The van der Waals surface area contributed by atoms with Crippen LogP contribution < -0.4 is 4.74 Å². The van der Waals surface area contributed by atoms with Crippen molar-refractivity contribution in [2.75, 3.05) is 0 Å². The van der Waals surface area contributed by atoms with Crippen LogP contribution in [0.5, 0.6) is 5.75 Å². The first kappa shape index (κ1) is 15.4. The Balaban J connectivity index is 1.76. The second-order valence-electron chi connectivity index (χ2n) is 5.27.